The number of amides is 1. The first-order valence-corrected chi connectivity index (χ1v) is 5.70. The fourth-order valence-corrected chi connectivity index (χ4v) is 2.26. The average molecular weight is 228 g/mol. The maximum atomic E-state index is 11.3. The van der Waals surface area contributed by atoms with Crippen LogP contribution in [0.2, 0.25) is 0 Å². The van der Waals surface area contributed by atoms with E-state index in [4.69, 9.17) is 0 Å². The molecule has 0 saturated carbocycles. The fourth-order valence-electron chi connectivity index (χ4n) is 2.26. The molecular weight excluding hydrogens is 208 g/mol. The molecule has 0 radical (unpaired) electrons. The number of likely N-dealkylation sites (tertiary alicyclic amines) is 1. The summed E-state index contributed by atoms with van der Waals surface area (Å²) in [4.78, 5) is 24.5. The van der Waals surface area contributed by atoms with Gasteiger partial charge in [-0.25, -0.2) is 0 Å². The molecule has 16 heavy (non-hydrogen) atoms. The van der Waals surface area contributed by atoms with Crippen molar-refractivity contribution in [3.63, 3.8) is 0 Å². The minimum Gasteiger partial charge on any atom is -0.481 e. The molecule has 1 rings (SSSR count). The Balaban J connectivity index is 2.65. The van der Waals surface area contributed by atoms with E-state index in [0.29, 0.717) is 25.9 Å². The highest BCUT2D eigenvalue weighted by Gasteiger charge is 2.40. The van der Waals surface area contributed by atoms with E-state index in [1.807, 2.05) is 11.8 Å². The van der Waals surface area contributed by atoms with Gasteiger partial charge >= 0.3 is 5.97 Å². The highest BCUT2D eigenvalue weighted by atomic mass is 16.4. The van der Waals surface area contributed by atoms with Crippen LogP contribution >= 0.6 is 0 Å². The van der Waals surface area contributed by atoms with Crippen LogP contribution in [-0.2, 0) is 9.59 Å². The fraction of sp³-hybridized carbons (Fsp3) is 0.818. The van der Waals surface area contributed by atoms with Crippen molar-refractivity contribution in [1.82, 2.24) is 10.2 Å². The van der Waals surface area contributed by atoms with Gasteiger partial charge in [-0.05, 0) is 25.8 Å². The van der Waals surface area contributed by atoms with E-state index in [1.165, 1.54) is 0 Å². The maximum absolute atomic E-state index is 11.3. The number of carbonyl (C=O) groups is 2. The topological polar surface area (TPSA) is 69.6 Å². The minimum atomic E-state index is -0.739. The molecular formula is C11H20N2O3. The predicted molar refractivity (Wildman–Crippen MR) is 60.1 cm³/mol. The number of hydrogen-bond acceptors (Lipinski definition) is 3. The van der Waals surface area contributed by atoms with E-state index >= 15 is 0 Å². The number of aliphatic carboxylic acids is 1. The van der Waals surface area contributed by atoms with Gasteiger partial charge in [-0.1, -0.05) is 6.92 Å². The highest BCUT2D eigenvalue weighted by Crippen LogP contribution is 2.33. The van der Waals surface area contributed by atoms with Crippen molar-refractivity contribution in [2.45, 2.75) is 26.2 Å². The molecule has 0 spiro atoms. The van der Waals surface area contributed by atoms with Gasteiger partial charge in [0.25, 0.3) is 0 Å². The third-order valence-corrected chi connectivity index (χ3v) is 3.43. The summed E-state index contributed by atoms with van der Waals surface area (Å²) in [5.74, 6) is -0.797. The summed E-state index contributed by atoms with van der Waals surface area (Å²) in [7, 11) is 1.59. The first-order chi connectivity index (χ1) is 7.54. The molecule has 1 saturated heterocycles. The molecule has 1 atom stereocenters. The van der Waals surface area contributed by atoms with E-state index < -0.39 is 11.4 Å². The lowest BCUT2D eigenvalue weighted by molar-refractivity contribution is -0.153. The molecule has 0 aromatic carbocycles. The number of likely N-dealkylation sites (N-methyl/N-ethyl adjacent to an activating group) is 1. The molecule has 5 heteroatoms. The van der Waals surface area contributed by atoms with Gasteiger partial charge in [-0.2, -0.15) is 0 Å². The Labute approximate surface area is 95.8 Å². The standard InChI is InChI=1S/C11H20N2O3/c1-3-11(10(15)16)5-4-6-13(8-11)7-9(14)12-2/h3-8H2,1-2H3,(H,12,14)(H,15,16). The number of hydrogen-bond donors (Lipinski definition) is 2. The number of nitrogens with one attached hydrogen (secondary N) is 1. The van der Waals surface area contributed by atoms with Gasteiger partial charge in [0.05, 0.1) is 12.0 Å². The molecule has 1 heterocycles. The van der Waals surface area contributed by atoms with Crippen molar-refractivity contribution in [2.75, 3.05) is 26.7 Å². The Morgan fingerprint density at radius 2 is 2.19 bits per heavy atom. The highest BCUT2D eigenvalue weighted by molar-refractivity contribution is 5.78. The van der Waals surface area contributed by atoms with E-state index in [2.05, 4.69) is 5.32 Å². The summed E-state index contributed by atoms with van der Waals surface area (Å²) in [5.41, 5.74) is -0.660. The Hall–Kier alpha value is -1.10. The van der Waals surface area contributed by atoms with Crippen LogP contribution in [0.4, 0.5) is 0 Å². The molecule has 0 aromatic rings. The second-order valence-corrected chi connectivity index (χ2v) is 4.43. The molecule has 0 bridgehead atoms. The normalized spacial score (nSPS) is 26.4. The van der Waals surface area contributed by atoms with Gasteiger partial charge in [-0.3, -0.25) is 14.5 Å². The predicted octanol–water partition coefficient (Wildman–Crippen LogP) is 0.309. The van der Waals surface area contributed by atoms with Gasteiger partial charge in [0.2, 0.25) is 5.91 Å². The van der Waals surface area contributed by atoms with Crippen LogP contribution in [0.3, 0.4) is 0 Å². The van der Waals surface area contributed by atoms with Crippen LogP contribution < -0.4 is 5.32 Å². The van der Waals surface area contributed by atoms with Gasteiger partial charge in [-0.15, -0.1) is 0 Å². The summed E-state index contributed by atoms with van der Waals surface area (Å²) in [6.45, 7) is 3.48. The molecule has 1 unspecified atom stereocenters. The summed E-state index contributed by atoms with van der Waals surface area (Å²) in [6.07, 6.45) is 2.17. The summed E-state index contributed by atoms with van der Waals surface area (Å²) >= 11 is 0. The number of rotatable bonds is 4. The molecule has 5 nitrogen and oxygen atoms in total. The Bertz CT molecular complexity index is 280. The van der Waals surface area contributed by atoms with Gasteiger partial charge < -0.3 is 10.4 Å². The molecule has 1 aliphatic rings. The molecule has 1 fully saturated rings. The number of carboxylic acid groups (broad SMARTS) is 1. The van der Waals surface area contributed by atoms with Gasteiger partial charge in [0, 0.05) is 13.6 Å². The first-order valence-electron chi connectivity index (χ1n) is 5.70. The number of piperidine rings is 1. The van der Waals surface area contributed by atoms with Crippen LogP contribution in [0.1, 0.15) is 26.2 Å². The lowest BCUT2D eigenvalue weighted by Crippen LogP contribution is -2.50. The zero-order valence-corrected chi connectivity index (χ0v) is 9.95. The number of nitrogens with zero attached hydrogens (tertiary/aromatic N) is 1. The van der Waals surface area contributed by atoms with Crippen molar-refractivity contribution in [3.8, 4) is 0 Å². The van der Waals surface area contributed by atoms with E-state index in [0.717, 1.165) is 13.0 Å². The second kappa shape index (κ2) is 5.30. The third kappa shape index (κ3) is 2.72. The molecule has 0 aromatic heterocycles. The molecule has 1 aliphatic heterocycles. The number of carbonyl (C=O) groups excluding carboxylic acids is 1. The van der Waals surface area contributed by atoms with Crippen molar-refractivity contribution < 1.29 is 14.7 Å². The minimum absolute atomic E-state index is 0.0581. The lowest BCUT2D eigenvalue weighted by Gasteiger charge is -2.38. The first kappa shape index (κ1) is 13.0. The van der Waals surface area contributed by atoms with Crippen molar-refractivity contribution in [3.05, 3.63) is 0 Å². The maximum Gasteiger partial charge on any atom is 0.310 e. The molecule has 0 aliphatic carbocycles. The smallest absolute Gasteiger partial charge is 0.310 e. The zero-order chi connectivity index (χ0) is 12.2. The lowest BCUT2D eigenvalue weighted by atomic mass is 9.77. The van der Waals surface area contributed by atoms with Crippen LogP contribution in [0, 0.1) is 5.41 Å². The van der Waals surface area contributed by atoms with E-state index in [9.17, 15) is 14.7 Å². The SMILES string of the molecule is CCC1(C(=O)O)CCCN(CC(=O)NC)C1. The van der Waals surface area contributed by atoms with Crippen LogP contribution in [0.15, 0.2) is 0 Å². The van der Waals surface area contributed by atoms with Crippen molar-refractivity contribution in [2.24, 2.45) is 5.41 Å². The van der Waals surface area contributed by atoms with E-state index in [1.54, 1.807) is 7.05 Å². The van der Waals surface area contributed by atoms with Crippen LogP contribution in [0.25, 0.3) is 0 Å². The molecule has 2 N–H and O–H groups in total. The summed E-state index contributed by atoms with van der Waals surface area (Å²) < 4.78 is 0. The van der Waals surface area contributed by atoms with Crippen molar-refractivity contribution >= 4 is 11.9 Å². The van der Waals surface area contributed by atoms with Gasteiger partial charge in [0.15, 0.2) is 0 Å². The largest absolute Gasteiger partial charge is 0.481 e. The molecule has 92 valence electrons. The Morgan fingerprint density at radius 1 is 1.50 bits per heavy atom. The van der Waals surface area contributed by atoms with Crippen LogP contribution in [0.5, 0.6) is 0 Å². The monoisotopic (exact) mass is 228 g/mol. The summed E-state index contributed by atoms with van der Waals surface area (Å²) in [5, 5.41) is 11.8. The van der Waals surface area contributed by atoms with Gasteiger partial charge in [0.1, 0.15) is 0 Å². The number of carboxylic acids is 1. The summed E-state index contributed by atoms with van der Waals surface area (Å²) in [6, 6.07) is 0. The Kier molecular flexibility index (Phi) is 4.29. The average Bonchev–Trinajstić information content (AvgIpc) is 2.28. The van der Waals surface area contributed by atoms with E-state index in [-0.39, 0.29) is 5.91 Å². The van der Waals surface area contributed by atoms with Crippen molar-refractivity contribution in [1.29, 1.82) is 0 Å². The zero-order valence-electron chi connectivity index (χ0n) is 9.95. The third-order valence-electron chi connectivity index (χ3n) is 3.43. The van der Waals surface area contributed by atoms with Crippen LogP contribution in [-0.4, -0.2) is 48.6 Å². The second-order valence-electron chi connectivity index (χ2n) is 4.43. The molecule has 1 amide bonds. The Morgan fingerprint density at radius 3 is 2.69 bits per heavy atom. The quantitative estimate of drug-likeness (QED) is 0.726.